The zero-order valence-corrected chi connectivity index (χ0v) is 12.7. The lowest BCUT2D eigenvalue weighted by atomic mass is 10.0. The van der Waals surface area contributed by atoms with E-state index in [4.69, 9.17) is 9.84 Å². The minimum absolute atomic E-state index is 0.112. The Labute approximate surface area is 133 Å². The van der Waals surface area contributed by atoms with E-state index in [0.29, 0.717) is 5.75 Å². The number of rotatable bonds is 5. The number of benzene rings is 1. The second-order valence-electron chi connectivity index (χ2n) is 5.18. The van der Waals surface area contributed by atoms with Crippen molar-refractivity contribution in [2.45, 2.75) is 17.5 Å². The molecule has 2 aliphatic rings. The molecule has 2 amide bonds. The first-order chi connectivity index (χ1) is 11.0. The Balaban J connectivity index is 1.57. The number of nitrogens with one attached hydrogen (secondary N) is 1. The summed E-state index contributed by atoms with van der Waals surface area (Å²) in [4.78, 5) is 35.9. The summed E-state index contributed by atoms with van der Waals surface area (Å²) in [6.45, 7) is -0.282. The van der Waals surface area contributed by atoms with Crippen LogP contribution in [-0.4, -0.2) is 61.8 Å². The summed E-state index contributed by atoms with van der Waals surface area (Å²) in [6, 6.07) is 6.67. The van der Waals surface area contributed by atoms with Crippen LogP contribution in [-0.2, 0) is 25.2 Å². The standard InChI is InChI=1S/C14H14N2O6S/c17-10(6-22-8-4-2-1-3-5-8)15-11-12(18)16-9(14(19)20)7-23(21)13(11)16/h1-5,9,11,13H,6-7H2,(H,15,17)(H,19,20)/t9?,11-,13+,23?/m1/s1. The third-order valence-corrected chi connectivity index (χ3v) is 5.40. The molecule has 4 atom stereocenters. The molecule has 0 aliphatic carbocycles. The Morgan fingerprint density at radius 3 is 2.70 bits per heavy atom. The fraction of sp³-hybridized carbons (Fsp3) is 0.357. The Kier molecular flexibility index (Phi) is 4.03. The van der Waals surface area contributed by atoms with Crippen molar-refractivity contribution in [1.82, 2.24) is 10.2 Å². The molecule has 2 saturated heterocycles. The normalized spacial score (nSPS) is 28.7. The van der Waals surface area contributed by atoms with Crippen molar-refractivity contribution in [1.29, 1.82) is 0 Å². The van der Waals surface area contributed by atoms with E-state index in [9.17, 15) is 18.6 Å². The number of amides is 2. The molecule has 1 aromatic carbocycles. The average Bonchev–Trinajstić information content (AvgIpc) is 2.85. The number of para-hydroxylation sites is 1. The summed E-state index contributed by atoms with van der Waals surface area (Å²) in [5.74, 6) is -1.84. The molecule has 2 fully saturated rings. The second-order valence-corrected chi connectivity index (χ2v) is 6.76. The molecule has 23 heavy (non-hydrogen) atoms. The maximum absolute atomic E-state index is 12.0. The molecule has 2 aliphatic heterocycles. The fourth-order valence-electron chi connectivity index (χ4n) is 2.63. The number of carboxylic acids is 1. The monoisotopic (exact) mass is 338 g/mol. The topological polar surface area (TPSA) is 113 Å². The van der Waals surface area contributed by atoms with Crippen molar-refractivity contribution in [3.05, 3.63) is 30.3 Å². The maximum Gasteiger partial charge on any atom is 0.327 e. The quantitative estimate of drug-likeness (QED) is 0.661. The first-order valence-corrected chi connectivity index (χ1v) is 8.26. The molecule has 2 heterocycles. The van der Waals surface area contributed by atoms with Gasteiger partial charge in [-0.25, -0.2) is 4.79 Å². The number of carbonyl (C=O) groups excluding carboxylic acids is 2. The van der Waals surface area contributed by atoms with Crippen molar-refractivity contribution in [3.8, 4) is 5.75 Å². The van der Waals surface area contributed by atoms with Gasteiger partial charge in [0, 0.05) is 10.8 Å². The maximum atomic E-state index is 12.0. The molecule has 9 heteroatoms. The number of ether oxygens (including phenoxy) is 1. The van der Waals surface area contributed by atoms with Crippen molar-refractivity contribution in [3.63, 3.8) is 0 Å². The third kappa shape index (κ3) is 2.79. The molecule has 0 spiro atoms. The van der Waals surface area contributed by atoms with Gasteiger partial charge in [-0.1, -0.05) is 18.2 Å². The number of β-lactam (4-membered cyclic amide) rings is 1. The van der Waals surface area contributed by atoms with Crippen LogP contribution in [0, 0.1) is 0 Å². The summed E-state index contributed by atoms with van der Waals surface area (Å²) in [5.41, 5.74) is 0. The highest BCUT2D eigenvalue weighted by atomic mass is 32.2. The lowest BCUT2D eigenvalue weighted by Crippen LogP contribution is -2.71. The van der Waals surface area contributed by atoms with E-state index in [1.54, 1.807) is 24.3 Å². The van der Waals surface area contributed by atoms with Crippen LogP contribution in [0.5, 0.6) is 5.75 Å². The number of nitrogens with zero attached hydrogens (tertiary/aromatic N) is 1. The van der Waals surface area contributed by atoms with Gasteiger partial charge in [0.15, 0.2) is 6.61 Å². The predicted octanol–water partition coefficient (Wildman–Crippen LogP) is -1.07. The Bertz CT molecular complexity index is 679. The summed E-state index contributed by atoms with van der Waals surface area (Å²) in [5, 5.41) is 10.7. The summed E-state index contributed by atoms with van der Waals surface area (Å²) >= 11 is 0. The Morgan fingerprint density at radius 2 is 2.04 bits per heavy atom. The van der Waals surface area contributed by atoms with Gasteiger partial charge in [-0.05, 0) is 12.1 Å². The first kappa shape index (κ1) is 15.5. The number of aliphatic carboxylic acids is 1. The zero-order chi connectivity index (χ0) is 16.6. The van der Waals surface area contributed by atoms with Crippen LogP contribution in [0.3, 0.4) is 0 Å². The van der Waals surface area contributed by atoms with Gasteiger partial charge in [-0.15, -0.1) is 0 Å². The molecule has 1 aromatic rings. The number of carbonyl (C=O) groups is 3. The molecule has 0 aromatic heterocycles. The van der Waals surface area contributed by atoms with E-state index in [1.165, 1.54) is 0 Å². The van der Waals surface area contributed by atoms with Crippen molar-refractivity contribution in [2.75, 3.05) is 12.4 Å². The molecular weight excluding hydrogens is 324 g/mol. The van der Waals surface area contributed by atoms with E-state index in [-0.39, 0.29) is 12.4 Å². The lowest BCUT2D eigenvalue weighted by molar-refractivity contribution is -0.159. The van der Waals surface area contributed by atoms with Crippen molar-refractivity contribution in [2.24, 2.45) is 0 Å². The van der Waals surface area contributed by atoms with Crippen LogP contribution < -0.4 is 10.1 Å². The van der Waals surface area contributed by atoms with E-state index in [0.717, 1.165) is 4.90 Å². The predicted molar refractivity (Wildman–Crippen MR) is 78.9 cm³/mol. The van der Waals surface area contributed by atoms with Gasteiger partial charge >= 0.3 is 5.97 Å². The van der Waals surface area contributed by atoms with Crippen LogP contribution in [0.1, 0.15) is 0 Å². The number of hydrogen-bond donors (Lipinski definition) is 2. The first-order valence-electron chi connectivity index (χ1n) is 6.88. The van der Waals surface area contributed by atoms with Crippen molar-refractivity contribution >= 4 is 28.6 Å². The second kappa shape index (κ2) is 5.99. The minimum atomic E-state index is -1.50. The van der Waals surface area contributed by atoms with E-state index in [2.05, 4.69) is 5.32 Å². The van der Waals surface area contributed by atoms with Gasteiger partial charge in [0.05, 0.1) is 5.75 Å². The number of hydrogen-bond acceptors (Lipinski definition) is 5. The van der Waals surface area contributed by atoms with Crippen LogP contribution in [0.25, 0.3) is 0 Å². The molecule has 122 valence electrons. The molecule has 3 rings (SSSR count). The lowest BCUT2D eigenvalue weighted by Gasteiger charge is -2.42. The molecule has 8 nitrogen and oxygen atoms in total. The largest absolute Gasteiger partial charge is 0.484 e. The molecule has 0 radical (unpaired) electrons. The fourth-order valence-corrected chi connectivity index (χ4v) is 4.44. The van der Waals surface area contributed by atoms with Crippen LogP contribution in [0.4, 0.5) is 0 Å². The van der Waals surface area contributed by atoms with Crippen molar-refractivity contribution < 1.29 is 28.4 Å². The van der Waals surface area contributed by atoms with E-state index in [1.807, 2.05) is 6.07 Å². The minimum Gasteiger partial charge on any atom is -0.484 e. The highest BCUT2D eigenvalue weighted by Crippen LogP contribution is 2.33. The molecule has 0 bridgehead atoms. The summed E-state index contributed by atoms with van der Waals surface area (Å²) < 4.78 is 17.2. The average molecular weight is 338 g/mol. The Morgan fingerprint density at radius 1 is 1.35 bits per heavy atom. The number of fused-ring (bicyclic) bond motifs is 1. The smallest absolute Gasteiger partial charge is 0.327 e. The molecule has 0 saturated carbocycles. The van der Waals surface area contributed by atoms with Gasteiger partial charge < -0.3 is 20.1 Å². The van der Waals surface area contributed by atoms with Gasteiger partial charge in [-0.3, -0.25) is 13.8 Å². The summed E-state index contributed by atoms with van der Waals surface area (Å²) in [7, 11) is -1.50. The molecule has 2 unspecified atom stereocenters. The molecular formula is C14H14N2O6S. The van der Waals surface area contributed by atoms with Crippen LogP contribution >= 0.6 is 0 Å². The highest BCUT2D eigenvalue weighted by molar-refractivity contribution is 7.86. The van der Waals surface area contributed by atoms with Gasteiger partial charge in [0.2, 0.25) is 5.91 Å². The van der Waals surface area contributed by atoms with Gasteiger partial charge in [0.1, 0.15) is 23.2 Å². The van der Waals surface area contributed by atoms with E-state index >= 15 is 0 Å². The number of carboxylic acid groups (broad SMARTS) is 1. The van der Waals surface area contributed by atoms with Gasteiger partial charge in [-0.2, -0.15) is 0 Å². The SMILES string of the molecule is O=C(COc1ccccc1)N[C@@H]1C(=O)N2C(C(=O)O)CS(=O)[C@@H]12. The highest BCUT2D eigenvalue weighted by Gasteiger charge is 2.60. The van der Waals surface area contributed by atoms with E-state index < -0.39 is 46.0 Å². The van der Waals surface area contributed by atoms with Crippen LogP contribution in [0.2, 0.25) is 0 Å². The third-order valence-electron chi connectivity index (χ3n) is 3.72. The molecule has 2 N–H and O–H groups in total. The summed E-state index contributed by atoms with van der Waals surface area (Å²) in [6.07, 6.45) is 0. The zero-order valence-electron chi connectivity index (χ0n) is 11.9. The Hall–Kier alpha value is -2.42. The van der Waals surface area contributed by atoms with Gasteiger partial charge in [0.25, 0.3) is 5.91 Å². The van der Waals surface area contributed by atoms with Crippen LogP contribution in [0.15, 0.2) is 30.3 Å².